The van der Waals surface area contributed by atoms with E-state index in [9.17, 15) is 0 Å². The van der Waals surface area contributed by atoms with Crippen molar-refractivity contribution in [1.82, 2.24) is 15.2 Å². The van der Waals surface area contributed by atoms with E-state index in [-0.39, 0.29) is 0 Å². The van der Waals surface area contributed by atoms with Gasteiger partial charge in [-0.25, -0.2) is 0 Å². The lowest BCUT2D eigenvalue weighted by Crippen LogP contribution is -2.49. The predicted octanol–water partition coefficient (Wildman–Crippen LogP) is 0.875. The van der Waals surface area contributed by atoms with Crippen molar-refractivity contribution >= 4 is 0 Å². The van der Waals surface area contributed by atoms with Crippen LogP contribution in [0.25, 0.3) is 0 Å². The first-order chi connectivity index (χ1) is 6.86. The van der Waals surface area contributed by atoms with E-state index in [2.05, 4.69) is 34.3 Å². The molecule has 2 rings (SSSR count). The van der Waals surface area contributed by atoms with E-state index < -0.39 is 0 Å². The van der Waals surface area contributed by atoms with Crippen molar-refractivity contribution in [3.63, 3.8) is 0 Å². The topological polar surface area (TPSA) is 28.2 Å². The highest BCUT2D eigenvalue weighted by atomic mass is 15.2. The van der Waals surface area contributed by atoms with Gasteiger partial charge in [-0.15, -0.1) is 0 Å². The molecule has 1 fully saturated rings. The molecular formula is C11H17N3. The molecule has 3 heteroatoms. The minimum atomic E-state index is 0.616. The van der Waals surface area contributed by atoms with Gasteiger partial charge in [-0.2, -0.15) is 0 Å². The van der Waals surface area contributed by atoms with Gasteiger partial charge in [0, 0.05) is 38.4 Å². The fraction of sp³-hybridized carbons (Fsp3) is 0.545. The zero-order valence-electron chi connectivity index (χ0n) is 8.61. The van der Waals surface area contributed by atoms with Gasteiger partial charge in [0.05, 0.1) is 5.69 Å². The maximum Gasteiger partial charge on any atom is 0.0544 e. The largest absolute Gasteiger partial charge is 0.314 e. The van der Waals surface area contributed by atoms with Crippen molar-refractivity contribution in [2.24, 2.45) is 0 Å². The third-order valence-corrected chi connectivity index (χ3v) is 2.73. The van der Waals surface area contributed by atoms with Crippen molar-refractivity contribution < 1.29 is 0 Å². The van der Waals surface area contributed by atoms with Crippen LogP contribution < -0.4 is 5.32 Å². The Hall–Kier alpha value is -0.930. The van der Waals surface area contributed by atoms with Gasteiger partial charge in [0.25, 0.3) is 0 Å². The van der Waals surface area contributed by atoms with E-state index in [1.54, 1.807) is 0 Å². The normalized spacial score (nSPS) is 23.6. The summed E-state index contributed by atoms with van der Waals surface area (Å²) in [6.07, 6.45) is 1.86. The van der Waals surface area contributed by atoms with Crippen molar-refractivity contribution in [2.45, 2.75) is 19.5 Å². The Morgan fingerprint density at radius 3 is 3.21 bits per heavy atom. The van der Waals surface area contributed by atoms with Crippen molar-refractivity contribution in [3.8, 4) is 0 Å². The highest BCUT2D eigenvalue weighted by Crippen LogP contribution is 2.07. The van der Waals surface area contributed by atoms with Crippen molar-refractivity contribution in [1.29, 1.82) is 0 Å². The Labute approximate surface area is 85.1 Å². The van der Waals surface area contributed by atoms with Crippen LogP contribution in [-0.4, -0.2) is 35.6 Å². The summed E-state index contributed by atoms with van der Waals surface area (Å²) < 4.78 is 0. The van der Waals surface area contributed by atoms with Crippen LogP contribution >= 0.6 is 0 Å². The summed E-state index contributed by atoms with van der Waals surface area (Å²) in [7, 11) is 0. The SMILES string of the molecule is CC1CNCCN1Cc1ccccn1. The van der Waals surface area contributed by atoms with Crippen LogP contribution in [0.2, 0.25) is 0 Å². The first kappa shape index (κ1) is 9.62. The molecule has 1 atom stereocenters. The Kier molecular flexibility index (Phi) is 3.11. The molecule has 1 saturated heterocycles. The molecule has 1 aromatic rings. The van der Waals surface area contributed by atoms with Gasteiger partial charge in [-0.05, 0) is 19.1 Å². The summed E-state index contributed by atoms with van der Waals surface area (Å²) in [5, 5.41) is 3.39. The molecule has 0 amide bonds. The lowest BCUT2D eigenvalue weighted by Gasteiger charge is -2.33. The molecule has 1 aromatic heterocycles. The Bertz CT molecular complexity index is 273. The average Bonchev–Trinajstić information content (AvgIpc) is 2.23. The number of nitrogens with zero attached hydrogens (tertiary/aromatic N) is 2. The second kappa shape index (κ2) is 4.53. The van der Waals surface area contributed by atoms with Crippen LogP contribution in [0.4, 0.5) is 0 Å². The molecule has 1 unspecified atom stereocenters. The number of aromatic nitrogens is 1. The summed E-state index contributed by atoms with van der Waals surface area (Å²) in [6.45, 7) is 6.54. The summed E-state index contributed by atoms with van der Waals surface area (Å²) in [6, 6.07) is 6.72. The smallest absolute Gasteiger partial charge is 0.0544 e. The van der Waals surface area contributed by atoms with E-state index in [1.807, 2.05) is 12.3 Å². The van der Waals surface area contributed by atoms with Crippen molar-refractivity contribution in [2.75, 3.05) is 19.6 Å². The van der Waals surface area contributed by atoms with Gasteiger partial charge in [0.2, 0.25) is 0 Å². The van der Waals surface area contributed by atoms with E-state index in [4.69, 9.17) is 0 Å². The van der Waals surface area contributed by atoms with E-state index in [1.165, 1.54) is 5.69 Å². The van der Waals surface area contributed by atoms with Gasteiger partial charge >= 0.3 is 0 Å². The van der Waals surface area contributed by atoms with Gasteiger partial charge in [-0.3, -0.25) is 9.88 Å². The first-order valence-electron chi connectivity index (χ1n) is 5.21. The fourth-order valence-corrected chi connectivity index (χ4v) is 1.82. The predicted molar refractivity (Wildman–Crippen MR) is 57.0 cm³/mol. The molecule has 2 heterocycles. The van der Waals surface area contributed by atoms with Gasteiger partial charge in [0.1, 0.15) is 0 Å². The Balaban J connectivity index is 1.96. The second-order valence-corrected chi connectivity index (χ2v) is 3.84. The molecule has 76 valence electrons. The van der Waals surface area contributed by atoms with E-state index in [0.29, 0.717) is 6.04 Å². The Morgan fingerprint density at radius 2 is 2.50 bits per heavy atom. The molecular weight excluding hydrogens is 174 g/mol. The third-order valence-electron chi connectivity index (χ3n) is 2.73. The maximum atomic E-state index is 4.35. The Morgan fingerprint density at radius 1 is 1.57 bits per heavy atom. The molecule has 14 heavy (non-hydrogen) atoms. The number of rotatable bonds is 2. The summed E-state index contributed by atoms with van der Waals surface area (Å²) >= 11 is 0. The minimum absolute atomic E-state index is 0.616. The molecule has 1 aliphatic rings. The number of hydrogen-bond donors (Lipinski definition) is 1. The van der Waals surface area contributed by atoms with Gasteiger partial charge < -0.3 is 5.32 Å². The van der Waals surface area contributed by atoms with Crippen LogP contribution in [0.5, 0.6) is 0 Å². The molecule has 0 spiro atoms. The average molecular weight is 191 g/mol. The first-order valence-corrected chi connectivity index (χ1v) is 5.21. The molecule has 1 aliphatic heterocycles. The zero-order chi connectivity index (χ0) is 9.80. The fourth-order valence-electron chi connectivity index (χ4n) is 1.82. The standard InChI is InChI=1S/C11H17N3/c1-10-8-12-6-7-14(10)9-11-4-2-3-5-13-11/h2-5,10,12H,6-9H2,1H3. The van der Waals surface area contributed by atoms with Gasteiger partial charge in [-0.1, -0.05) is 6.07 Å². The molecule has 1 N–H and O–H groups in total. The molecule has 0 aromatic carbocycles. The third kappa shape index (κ3) is 2.30. The number of nitrogens with one attached hydrogen (secondary N) is 1. The number of hydrogen-bond acceptors (Lipinski definition) is 3. The zero-order valence-corrected chi connectivity index (χ0v) is 8.61. The molecule has 0 saturated carbocycles. The van der Waals surface area contributed by atoms with Crippen LogP contribution in [0.3, 0.4) is 0 Å². The highest BCUT2D eigenvalue weighted by Gasteiger charge is 2.17. The molecule has 3 nitrogen and oxygen atoms in total. The summed E-state index contributed by atoms with van der Waals surface area (Å²) in [5.41, 5.74) is 1.17. The quantitative estimate of drug-likeness (QED) is 0.752. The van der Waals surface area contributed by atoms with Gasteiger partial charge in [0.15, 0.2) is 0 Å². The van der Waals surface area contributed by atoms with E-state index in [0.717, 1.165) is 26.2 Å². The lowest BCUT2D eigenvalue weighted by atomic mass is 10.2. The van der Waals surface area contributed by atoms with E-state index >= 15 is 0 Å². The van der Waals surface area contributed by atoms with Crippen LogP contribution in [0.1, 0.15) is 12.6 Å². The molecule has 0 aliphatic carbocycles. The van der Waals surface area contributed by atoms with Crippen LogP contribution in [0.15, 0.2) is 24.4 Å². The number of piperazine rings is 1. The minimum Gasteiger partial charge on any atom is -0.314 e. The van der Waals surface area contributed by atoms with Crippen molar-refractivity contribution in [3.05, 3.63) is 30.1 Å². The molecule has 0 bridgehead atoms. The highest BCUT2D eigenvalue weighted by molar-refractivity contribution is 5.03. The summed E-state index contributed by atoms with van der Waals surface area (Å²) in [5.74, 6) is 0. The monoisotopic (exact) mass is 191 g/mol. The summed E-state index contributed by atoms with van der Waals surface area (Å²) in [4.78, 5) is 6.82. The van der Waals surface area contributed by atoms with Crippen LogP contribution in [0, 0.1) is 0 Å². The lowest BCUT2D eigenvalue weighted by molar-refractivity contribution is 0.164. The van der Waals surface area contributed by atoms with Crippen LogP contribution in [-0.2, 0) is 6.54 Å². The molecule has 0 radical (unpaired) electrons. The number of pyridine rings is 1. The second-order valence-electron chi connectivity index (χ2n) is 3.84. The maximum absolute atomic E-state index is 4.35.